The van der Waals surface area contributed by atoms with Gasteiger partial charge in [-0.1, -0.05) is 9.90 Å². The number of halogens is 2. The van der Waals surface area contributed by atoms with E-state index >= 15 is 0 Å². The van der Waals surface area contributed by atoms with Crippen LogP contribution in [0.1, 0.15) is 0 Å². The summed E-state index contributed by atoms with van der Waals surface area (Å²) in [4.78, 5) is 0. The molecule has 0 saturated carbocycles. The molecule has 0 aliphatic heterocycles. The molecule has 0 heterocycles. The normalized spacial score (nSPS) is 11.9. The van der Waals surface area contributed by atoms with Crippen molar-refractivity contribution >= 4 is 31.7 Å². The summed E-state index contributed by atoms with van der Waals surface area (Å²) >= 11 is 5.10. The topological polar surface area (TPSA) is 37.4 Å². The number of hydrogen-bond acceptors (Lipinski definition) is 2. The van der Waals surface area contributed by atoms with Gasteiger partial charge in [-0.3, -0.25) is 0 Å². The van der Waals surface area contributed by atoms with Crippen LogP contribution >= 0.6 is 22.5 Å². The summed E-state index contributed by atoms with van der Waals surface area (Å²) in [5, 5.41) is 0. The summed E-state index contributed by atoms with van der Waals surface area (Å²) < 4.78 is 20.9. The van der Waals surface area contributed by atoms with E-state index in [-0.39, 0.29) is 6.54 Å². The molecule has 0 spiro atoms. The molecule has 0 rings (SSSR count). The fourth-order valence-corrected chi connectivity index (χ4v) is 0.741. The molecule has 0 saturated heterocycles. The molecule has 0 aliphatic carbocycles. The highest BCUT2D eigenvalue weighted by Gasteiger charge is 2.13. The zero-order chi connectivity index (χ0) is 7.49. The molecule has 0 atom stereocenters. The maximum atomic E-state index is 10.2. The molecular weight excluding hydrogens is 185 g/mol. The molecule has 0 aromatic carbocycles. The van der Waals surface area contributed by atoms with Crippen molar-refractivity contribution in [2.75, 3.05) is 6.54 Å². The Bertz CT molecular complexity index is 188. The first-order valence-corrected chi connectivity index (χ1v) is 4.58. The minimum Gasteiger partial charge on any atom is -0.194 e. The van der Waals surface area contributed by atoms with Crippen molar-refractivity contribution in [1.29, 1.82) is 0 Å². The zero-order valence-electron chi connectivity index (χ0n) is 4.42. The fraction of sp³-hybridized carbons (Fsp3) is 0.333. The number of rotatable bonds is 3. The Balaban J connectivity index is 4.05. The second kappa shape index (κ2) is 3.41. The number of hydrogen-bond donors (Lipinski definition) is 0. The third-order valence-electron chi connectivity index (χ3n) is 0.509. The summed E-state index contributed by atoms with van der Waals surface area (Å²) in [6.07, 6.45) is 1.33. The summed E-state index contributed by atoms with van der Waals surface area (Å²) in [5.41, 5.74) is 0. The standard InChI is InChI=1S/C3H5Cl2NO2S/c1-2-3-6(4)9(5,7)8/h2H,1,3H2. The Morgan fingerprint density at radius 1 is 1.67 bits per heavy atom. The van der Waals surface area contributed by atoms with E-state index in [0.717, 1.165) is 0 Å². The van der Waals surface area contributed by atoms with Crippen molar-refractivity contribution in [1.82, 2.24) is 3.82 Å². The second-order valence-electron chi connectivity index (χ2n) is 1.20. The van der Waals surface area contributed by atoms with Crippen LogP contribution in [0.5, 0.6) is 0 Å². The van der Waals surface area contributed by atoms with Gasteiger partial charge in [-0.25, -0.2) is 0 Å². The predicted octanol–water partition coefficient (Wildman–Crippen LogP) is 1.11. The molecular formula is C3H5Cl2NO2S. The highest BCUT2D eigenvalue weighted by molar-refractivity contribution is 8.12. The molecule has 9 heavy (non-hydrogen) atoms. The van der Waals surface area contributed by atoms with E-state index in [2.05, 4.69) is 6.58 Å². The Kier molecular flexibility index (Phi) is 3.50. The molecule has 54 valence electrons. The van der Waals surface area contributed by atoms with Crippen LogP contribution in [0, 0.1) is 0 Å². The Hall–Kier alpha value is 0.230. The molecule has 0 bridgehead atoms. The summed E-state index contributed by atoms with van der Waals surface area (Å²) in [6, 6.07) is 0. The number of nitrogens with zero attached hydrogens (tertiary/aromatic N) is 1. The zero-order valence-corrected chi connectivity index (χ0v) is 6.75. The van der Waals surface area contributed by atoms with Crippen LogP contribution in [0.2, 0.25) is 0 Å². The Morgan fingerprint density at radius 2 is 2.11 bits per heavy atom. The van der Waals surface area contributed by atoms with Gasteiger partial charge < -0.3 is 0 Å². The lowest BCUT2D eigenvalue weighted by atomic mass is 10.7. The van der Waals surface area contributed by atoms with E-state index < -0.39 is 9.24 Å². The van der Waals surface area contributed by atoms with Gasteiger partial charge in [0.25, 0.3) is 0 Å². The van der Waals surface area contributed by atoms with Crippen molar-refractivity contribution in [2.45, 2.75) is 0 Å². The summed E-state index contributed by atoms with van der Waals surface area (Å²) in [7, 11) is 1.02. The van der Waals surface area contributed by atoms with E-state index in [0.29, 0.717) is 3.82 Å². The molecule has 3 nitrogen and oxygen atoms in total. The van der Waals surface area contributed by atoms with Crippen molar-refractivity contribution in [2.24, 2.45) is 0 Å². The second-order valence-corrected chi connectivity index (χ2v) is 4.24. The molecule has 0 aromatic rings. The van der Waals surface area contributed by atoms with Gasteiger partial charge in [0.05, 0.1) is 0 Å². The monoisotopic (exact) mass is 189 g/mol. The first kappa shape index (κ1) is 9.23. The van der Waals surface area contributed by atoms with E-state index in [1.165, 1.54) is 6.08 Å². The molecule has 6 heteroatoms. The lowest BCUT2D eigenvalue weighted by Crippen LogP contribution is -2.15. The molecule has 0 amide bonds. The quantitative estimate of drug-likeness (QED) is 0.379. The van der Waals surface area contributed by atoms with Crippen LogP contribution in [0.4, 0.5) is 0 Å². The third-order valence-corrected chi connectivity index (χ3v) is 2.53. The van der Waals surface area contributed by atoms with E-state index in [4.69, 9.17) is 22.5 Å². The van der Waals surface area contributed by atoms with E-state index in [1.54, 1.807) is 0 Å². The van der Waals surface area contributed by atoms with Crippen LogP contribution in [0.25, 0.3) is 0 Å². The van der Waals surface area contributed by atoms with E-state index in [9.17, 15) is 8.42 Å². The molecule has 0 N–H and O–H groups in total. The first-order chi connectivity index (χ1) is 3.98. The van der Waals surface area contributed by atoms with Crippen LogP contribution in [-0.4, -0.2) is 18.8 Å². The average molecular weight is 190 g/mol. The van der Waals surface area contributed by atoms with E-state index in [1.807, 2.05) is 0 Å². The van der Waals surface area contributed by atoms with Crippen LogP contribution in [0.3, 0.4) is 0 Å². The maximum Gasteiger partial charge on any atom is 0.313 e. The van der Waals surface area contributed by atoms with Gasteiger partial charge in [0.2, 0.25) is 0 Å². The molecule has 0 fully saturated rings. The average Bonchev–Trinajstić information content (AvgIpc) is 1.64. The van der Waals surface area contributed by atoms with Gasteiger partial charge in [0.15, 0.2) is 0 Å². The van der Waals surface area contributed by atoms with Crippen molar-refractivity contribution < 1.29 is 8.42 Å². The van der Waals surface area contributed by atoms with Gasteiger partial charge >= 0.3 is 9.24 Å². The summed E-state index contributed by atoms with van der Waals surface area (Å²) in [6.45, 7) is 3.27. The third kappa shape index (κ3) is 3.75. The largest absolute Gasteiger partial charge is 0.313 e. The lowest BCUT2D eigenvalue weighted by molar-refractivity contribution is 0.568. The minimum atomic E-state index is -3.77. The highest BCUT2D eigenvalue weighted by Crippen LogP contribution is 2.08. The van der Waals surface area contributed by atoms with Crippen molar-refractivity contribution in [3.8, 4) is 0 Å². The molecule has 0 radical (unpaired) electrons. The maximum absolute atomic E-state index is 10.2. The van der Waals surface area contributed by atoms with Gasteiger partial charge in [0, 0.05) is 17.2 Å². The predicted molar refractivity (Wildman–Crippen MR) is 37.5 cm³/mol. The van der Waals surface area contributed by atoms with Gasteiger partial charge in [0.1, 0.15) is 0 Å². The van der Waals surface area contributed by atoms with Gasteiger partial charge in [-0.15, -0.1) is 6.58 Å². The smallest absolute Gasteiger partial charge is 0.194 e. The fourth-order valence-electron chi connectivity index (χ4n) is 0.191. The van der Waals surface area contributed by atoms with Crippen LogP contribution in [-0.2, 0) is 9.24 Å². The van der Waals surface area contributed by atoms with Crippen LogP contribution in [0.15, 0.2) is 12.7 Å². The minimum absolute atomic E-state index is 0.00733. The highest BCUT2D eigenvalue weighted by atomic mass is 35.7. The molecule has 0 aromatic heterocycles. The Morgan fingerprint density at radius 3 is 2.22 bits per heavy atom. The van der Waals surface area contributed by atoms with Crippen molar-refractivity contribution in [3.63, 3.8) is 0 Å². The Labute approximate surface area is 63.5 Å². The molecule has 0 aliphatic rings. The molecule has 0 unspecified atom stereocenters. The van der Waals surface area contributed by atoms with Crippen LogP contribution < -0.4 is 0 Å². The summed E-state index contributed by atoms with van der Waals surface area (Å²) in [5.74, 6) is 0. The van der Waals surface area contributed by atoms with Gasteiger partial charge in [-0.2, -0.15) is 8.42 Å². The van der Waals surface area contributed by atoms with Crippen molar-refractivity contribution in [3.05, 3.63) is 12.7 Å². The SMILES string of the molecule is C=CCN(Cl)S(=O)(=O)Cl. The van der Waals surface area contributed by atoms with Gasteiger partial charge in [-0.05, 0) is 11.8 Å². The first-order valence-electron chi connectivity index (χ1n) is 1.97. The lowest BCUT2D eigenvalue weighted by Gasteiger charge is -2.03.